The van der Waals surface area contributed by atoms with E-state index in [1.54, 1.807) is 0 Å². The van der Waals surface area contributed by atoms with Gasteiger partial charge in [0.2, 0.25) is 0 Å². The Kier molecular flexibility index (Phi) is 15.1. The van der Waals surface area contributed by atoms with Crippen LogP contribution in [0.25, 0.3) is 35.4 Å². The first kappa shape index (κ1) is 36.8. The van der Waals surface area contributed by atoms with Crippen LogP contribution in [0.4, 0.5) is 0 Å². The Bertz CT molecular complexity index is 1450. The molecular weight excluding hydrogens is 585 g/mol. The fraction of sp³-hybridized carbons (Fsp3) is 0.391. The number of ether oxygens (including phenoxy) is 2. The summed E-state index contributed by atoms with van der Waals surface area (Å²) in [4.78, 5) is 0. The van der Waals surface area contributed by atoms with Crippen LogP contribution in [0.1, 0.15) is 138 Å². The molecule has 0 saturated carbocycles. The summed E-state index contributed by atoms with van der Waals surface area (Å²) >= 11 is 0. The summed E-state index contributed by atoms with van der Waals surface area (Å²) in [6, 6.07) is 30.9. The molecule has 0 atom stereocenters. The molecule has 0 heterocycles. The van der Waals surface area contributed by atoms with Gasteiger partial charge in [0, 0.05) is 11.1 Å². The standard InChI is InChI=1S/C46H58O2/c1-7-9-11-13-31-47-45-29-27-41(33-43(45)25-19-37-15-21-39(22-16-37)35(3)4)42-28-30-46(48-32-14-12-10-8-2)44(34-42)26-20-38-17-23-40(24-18-38)36(5)6/h15-30,33-36H,7-14,31-32H2,1-6H3/b25-19+,26-20+. The van der Waals surface area contributed by atoms with Crippen molar-refractivity contribution in [3.63, 3.8) is 0 Å². The molecule has 2 nitrogen and oxygen atoms in total. The predicted molar refractivity (Wildman–Crippen MR) is 210 cm³/mol. The molecule has 0 amide bonds. The second kappa shape index (κ2) is 19.7. The maximum atomic E-state index is 6.36. The molecule has 0 radical (unpaired) electrons. The Labute approximate surface area is 291 Å². The first-order chi connectivity index (χ1) is 23.4. The molecule has 4 aromatic rings. The van der Waals surface area contributed by atoms with Gasteiger partial charge in [0.25, 0.3) is 0 Å². The van der Waals surface area contributed by atoms with Crippen LogP contribution in [0.15, 0.2) is 84.9 Å². The number of benzene rings is 4. The summed E-state index contributed by atoms with van der Waals surface area (Å²) in [7, 11) is 0. The molecule has 0 aliphatic rings. The van der Waals surface area contributed by atoms with Gasteiger partial charge in [-0.1, -0.05) is 165 Å². The summed E-state index contributed by atoms with van der Waals surface area (Å²) in [5.74, 6) is 2.91. The summed E-state index contributed by atoms with van der Waals surface area (Å²) in [5.41, 5.74) is 9.60. The summed E-state index contributed by atoms with van der Waals surface area (Å²) < 4.78 is 12.7. The minimum absolute atomic E-state index is 0.524. The maximum Gasteiger partial charge on any atom is 0.126 e. The zero-order valence-corrected chi connectivity index (χ0v) is 30.4. The molecular formula is C46H58O2. The zero-order valence-electron chi connectivity index (χ0n) is 30.4. The lowest BCUT2D eigenvalue weighted by Crippen LogP contribution is -2.00. The highest BCUT2D eigenvalue weighted by molar-refractivity contribution is 5.80. The third-order valence-electron chi connectivity index (χ3n) is 8.98. The van der Waals surface area contributed by atoms with Crippen LogP contribution in [0.3, 0.4) is 0 Å². The number of rotatable bonds is 19. The molecule has 0 aliphatic heterocycles. The Morgan fingerprint density at radius 3 is 1.21 bits per heavy atom. The largest absolute Gasteiger partial charge is 0.493 e. The van der Waals surface area contributed by atoms with Crippen molar-refractivity contribution in [3.05, 3.63) is 118 Å². The predicted octanol–water partition coefficient (Wildman–Crippen LogP) is 13.9. The van der Waals surface area contributed by atoms with Crippen molar-refractivity contribution in [3.8, 4) is 22.6 Å². The molecule has 0 fully saturated rings. The monoisotopic (exact) mass is 642 g/mol. The van der Waals surface area contributed by atoms with E-state index in [0.717, 1.165) is 59.8 Å². The van der Waals surface area contributed by atoms with Crippen molar-refractivity contribution in [1.82, 2.24) is 0 Å². The van der Waals surface area contributed by atoms with Crippen molar-refractivity contribution < 1.29 is 9.47 Å². The molecule has 0 bridgehead atoms. The molecule has 0 N–H and O–H groups in total. The van der Waals surface area contributed by atoms with E-state index in [9.17, 15) is 0 Å². The van der Waals surface area contributed by atoms with E-state index in [1.807, 2.05) is 0 Å². The average molecular weight is 643 g/mol. The van der Waals surface area contributed by atoms with Gasteiger partial charge >= 0.3 is 0 Å². The third kappa shape index (κ3) is 11.6. The van der Waals surface area contributed by atoms with E-state index in [-0.39, 0.29) is 0 Å². The van der Waals surface area contributed by atoms with Crippen LogP contribution in [0, 0.1) is 0 Å². The molecule has 2 heteroatoms. The third-order valence-corrected chi connectivity index (χ3v) is 8.98. The van der Waals surface area contributed by atoms with Crippen LogP contribution >= 0.6 is 0 Å². The van der Waals surface area contributed by atoms with Crippen molar-refractivity contribution >= 4 is 24.3 Å². The minimum atomic E-state index is 0.524. The van der Waals surface area contributed by atoms with Crippen LogP contribution in [-0.2, 0) is 0 Å². The molecule has 0 spiro atoms. The van der Waals surface area contributed by atoms with E-state index in [4.69, 9.17) is 9.47 Å². The minimum Gasteiger partial charge on any atom is -0.493 e. The number of hydrogen-bond donors (Lipinski definition) is 0. The Balaban J connectivity index is 1.64. The van der Waals surface area contributed by atoms with Crippen LogP contribution in [0.5, 0.6) is 11.5 Å². The lowest BCUT2D eigenvalue weighted by molar-refractivity contribution is 0.304. The normalized spacial score (nSPS) is 11.8. The van der Waals surface area contributed by atoms with E-state index in [2.05, 4.69) is 151 Å². The van der Waals surface area contributed by atoms with Gasteiger partial charge in [-0.2, -0.15) is 0 Å². The van der Waals surface area contributed by atoms with E-state index >= 15 is 0 Å². The van der Waals surface area contributed by atoms with Gasteiger partial charge in [0.15, 0.2) is 0 Å². The second-order valence-electron chi connectivity index (χ2n) is 13.6. The van der Waals surface area contributed by atoms with E-state index < -0.39 is 0 Å². The van der Waals surface area contributed by atoms with Gasteiger partial charge in [-0.25, -0.2) is 0 Å². The number of unbranched alkanes of at least 4 members (excludes halogenated alkanes) is 6. The Hall–Kier alpha value is -4.04. The zero-order chi connectivity index (χ0) is 34.1. The average Bonchev–Trinajstić information content (AvgIpc) is 3.10. The van der Waals surface area contributed by atoms with E-state index in [1.165, 1.54) is 60.8 Å². The number of hydrogen-bond acceptors (Lipinski definition) is 2. The molecule has 4 aromatic carbocycles. The lowest BCUT2D eigenvalue weighted by Gasteiger charge is -2.14. The quantitative estimate of drug-likeness (QED) is 0.0748. The van der Waals surface area contributed by atoms with Gasteiger partial charge in [0.05, 0.1) is 13.2 Å². The highest BCUT2D eigenvalue weighted by Gasteiger charge is 2.10. The molecule has 254 valence electrons. The topological polar surface area (TPSA) is 18.5 Å². The van der Waals surface area contributed by atoms with Crippen molar-refractivity contribution in [2.24, 2.45) is 0 Å². The molecule has 0 aromatic heterocycles. The lowest BCUT2D eigenvalue weighted by atomic mass is 9.98. The molecule has 4 rings (SSSR count). The van der Waals surface area contributed by atoms with Gasteiger partial charge in [0.1, 0.15) is 11.5 Å². The van der Waals surface area contributed by atoms with Gasteiger partial charge in [-0.05, 0) is 82.3 Å². The van der Waals surface area contributed by atoms with Crippen LogP contribution in [-0.4, -0.2) is 13.2 Å². The second-order valence-corrected chi connectivity index (χ2v) is 13.6. The molecule has 0 saturated heterocycles. The van der Waals surface area contributed by atoms with Gasteiger partial charge in [-0.15, -0.1) is 0 Å². The summed E-state index contributed by atoms with van der Waals surface area (Å²) in [6.07, 6.45) is 18.3. The highest BCUT2D eigenvalue weighted by atomic mass is 16.5. The SMILES string of the molecule is CCCCCCOc1ccc(-c2ccc(OCCCCCC)c(/C=C/c3ccc(C(C)C)cc3)c2)cc1/C=C/c1ccc(C(C)C)cc1. The smallest absolute Gasteiger partial charge is 0.126 e. The van der Waals surface area contributed by atoms with Crippen LogP contribution < -0.4 is 9.47 Å². The Morgan fingerprint density at radius 2 is 0.854 bits per heavy atom. The first-order valence-corrected chi connectivity index (χ1v) is 18.5. The maximum absolute atomic E-state index is 6.36. The van der Waals surface area contributed by atoms with E-state index in [0.29, 0.717) is 11.8 Å². The molecule has 0 aliphatic carbocycles. The van der Waals surface area contributed by atoms with Crippen molar-refractivity contribution in [2.45, 2.75) is 105 Å². The fourth-order valence-corrected chi connectivity index (χ4v) is 5.76. The first-order valence-electron chi connectivity index (χ1n) is 18.5. The fourth-order valence-electron chi connectivity index (χ4n) is 5.76. The molecule has 48 heavy (non-hydrogen) atoms. The van der Waals surface area contributed by atoms with Gasteiger partial charge in [-0.3, -0.25) is 0 Å². The van der Waals surface area contributed by atoms with Crippen molar-refractivity contribution in [2.75, 3.05) is 13.2 Å². The summed E-state index contributed by atoms with van der Waals surface area (Å²) in [5, 5.41) is 0. The Morgan fingerprint density at radius 1 is 0.458 bits per heavy atom. The van der Waals surface area contributed by atoms with Crippen LogP contribution in [0.2, 0.25) is 0 Å². The highest BCUT2D eigenvalue weighted by Crippen LogP contribution is 2.33. The van der Waals surface area contributed by atoms with Crippen molar-refractivity contribution in [1.29, 1.82) is 0 Å². The molecule has 0 unspecified atom stereocenters. The summed E-state index contributed by atoms with van der Waals surface area (Å²) in [6.45, 7) is 14.9. The van der Waals surface area contributed by atoms with Gasteiger partial charge < -0.3 is 9.47 Å².